The number of benzene rings is 1. The van der Waals surface area contributed by atoms with E-state index < -0.39 is 45.9 Å². The molecule has 122 valence electrons. The number of H-pyrrole nitrogens is 1. The summed E-state index contributed by atoms with van der Waals surface area (Å²) >= 11 is 0. The monoisotopic (exact) mass is 332 g/mol. The Balaban J connectivity index is 2.44. The van der Waals surface area contributed by atoms with Gasteiger partial charge in [-0.15, -0.1) is 0 Å². The molecule has 0 bridgehead atoms. The number of aromatic amines is 1. The minimum Gasteiger partial charge on any atom is -0.291 e. The third kappa shape index (κ3) is 3.20. The zero-order valence-corrected chi connectivity index (χ0v) is 11.8. The first kappa shape index (κ1) is 16.6. The van der Waals surface area contributed by atoms with Crippen molar-refractivity contribution in [2.45, 2.75) is 13.8 Å². The Morgan fingerprint density at radius 3 is 2.13 bits per heavy atom. The van der Waals surface area contributed by atoms with Crippen molar-refractivity contribution in [1.82, 2.24) is 9.97 Å². The van der Waals surface area contributed by atoms with Crippen LogP contribution in [-0.4, -0.2) is 15.7 Å². The van der Waals surface area contributed by atoms with Crippen molar-refractivity contribution in [3.63, 3.8) is 0 Å². The third-order valence-electron chi connectivity index (χ3n) is 2.77. The van der Waals surface area contributed by atoms with Gasteiger partial charge in [-0.05, 0) is 13.8 Å². The number of anilines is 1. The summed E-state index contributed by atoms with van der Waals surface area (Å²) in [6.45, 7) is 2.54. The van der Waals surface area contributed by atoms with E-state index in [1.54, 1.807) is 0 Å². The first-order chi connectivity index (χ1) is 10.7. The maximum absolute atomic E-state index is 13.6. The lowest BCUT2D eigenvalue weighted by molar-refractivity contribution is 0.377. The van der Waals surface area contributed by atoms with Crippen LogP contribution in [0.1, 0.15) is 18.2 Å². The molecule has 0 saturated carbocycles. The summed E-state index contributed by atoms with van der Waals surface area (Å²) in [7, 11) is 0. The van der Waals surface area contributed by atoms with Crippen molar-refractivity contribution in [3.05, 3.63) is 56.8 Å². The highest BCUT2D eigenvalue weighted by Crippen LogP contribution is 2.23. The molecule has 1 heterocycles. The van der Waals surface area contributed by atoms with Gasteiger partial charge < -0.3 is 0 Å². The fourth-order valence-electron chi connectivity index (χ4n) is 1.75. The second-order valence-corrected chi connectivity index (χ2v) is 4.49. The molecule has 0 saturated heterocycles. The third-order valence-corrected chi connectivity index (χ3v) is 2.77. The number of nitrogens with zero attached hydrogens (tertiary/aromatic N) is 2. The molecule has 0 fully saturated rings. The molecule has 2 rings (SSSR count). The van der Waals surface area contributed by atoms with Gasteiger partial charge in [-0.25, -0.2) is 32.4 Å². The van der Waals surface area contributed by atoms with Crippen LogP contribution in [0.3, 0.4) is 0 Å². The molecule has 1 aromatic carbocycles. The second-order valence-electron chi connectivity index (χ2n) is 4.49. The number of rotatable bonds is 3. The maximum Gasteiger partial charge on any atom is 0.252 e. The van der Waals surface area contributed by atoms with Crippen LogP contribution in [0.25, 0.3) is 0 Å². The summed E-state index contributed by atoms with van der Waals surface area (Å²) in [6.07, 6.45) is 0. The normalized spacial score (nSPS) is 11.7. The molecule has 0 aliphatic carbocycles. The van der Waals surface area contributed by atoms with Crippen LogP contribution >= 0.6 is 0 Å². The quantitative estimate of drug-likeness (QED) is 0.298. The van der Waals surface area contributed by atoms with Crippen LogP contribution < -0.4 is 11.0 Å². The molecule has 0 amide bonds. The van der Waals surface area contributed by atoms with Crippen LogP contribution in [0.4, 0.5) is 27.9 Å². The summed E-state index contributed by atoms with van der Waals surface area (Å²) in [5.41, 5.74) is 0.302. The number of halogens is 5. The van der Waals surface area contributed by atoms with Gasteiger partial charge in [0.05, 0.1) is 11.3 Å². The predicted molar refractivity (Wildman–Crippen MR) is 71.7 cm³/mol. The Kier molecular flexibility index (Phi) is 4.43. The first-order valence-electron chi connectivity index (χ1n) is 6.12. The van der Waals surface area contributed by atoms with E-state index in [9.17, 15) is 26.7 Å². The smallest absolute Gasteiger partial charge is 0.252 e. The Morgan fingerprint density at radius 2 is 1.61 bits per heavy atom. The van der Waals surface area contributed by atoms with E-state index in [2.05, 4.69) is 20.5 Å². The molecule has 0 aliphatic heterocycles. The van der Waals surface area contributed by atoms with Gasteiger partial charge in [-0.3, -0.25) is 9.78 Å². The van der Waals surface area contributed by atoms with Crippen LogP contribution in [0.15, 0.2) is 16.0 Å². The zero-order valence-electron chi connectivity index (χ0n) is 11.8. The lowest BCUT2D eigenvalue weighted by Gasteiger charge is -2.08. The number of hydrazone groups is 1. The molecule has 5 nitrogen and oxygen atoms in total. The van der Waals surface area contributed by atoms with E-state index in [0.717, 1.165) is 6.92 Å². The number of hydrogen-bond acceptors (Lipinski definition) is 4. The molecule has 2 aromatic rings. The molecule has 2 N–H and O–H groups in total. The average molecular weight is 332 g/mol. The van der Waals surface area contributed by atoms with Crippen LogP contribution in [0.5, 0.6) is 0 Å². The van der Waals surface area contributed by atoms with Gasteiger partial charge in [0.1, 0.15) is 0 Å². The van der Waals surface area contributed by atoms with E-state index in [0.29, 0.717) is 5.69 Å². The Morgan fingerprint density at radius 1 is 1.09 bits per heavy atom. The van der Waals surface area contributed by atoms with Gasteiger partial charge in [0.25, 0.3) is 5.56 Å². The minimum atomic E-state index is -2.26. The van der Waals surface area contributed by atoms with Crippen molar-refractivity contribution in [2.75, 3.05) is 5.43 Å². The lowest BCUT2D eigenvalue weighted by atomic mass is 10.1. The number of nitrogens with one attached hydrogen (secondary N) is 2. The average Bonchev–Trinajstić information content (AvgIpc) is 2.48. The Bertz CT molecular complexity index is 833. The summed E-state index contributed by atoms with van der Waals surface area (Å²) in [4.78, 5) is 17.3. The molecule has 1 aromatic heterocycles. The molecule has 0 atom stereocenters. The van der Waals surface area contributed by atoms with Crippen molar-refractivity contribution in [2.24, 2.45) is 5.10 Å². The molecule has 10 heteroatoms. The Labute approximate surface area is 125 Å². The summed E-state index contributed by atoms with van der Waals surface area (Å²) in [5.74, 6) is -10.6. The van der Waals surface area contributed by atoms with Crippen molar-refractivity contribution in [1.29, 1.82) is 0 Å². The fourth-order valence-corrected chi connectivity index (χ4v) is 1.75. The molecular weight excluding hydrogens is 323 g/mol. The van der Waals surface area contributed by atoms with E-state index in [1.165, 1.54) is 13.0 Å². The van der Waals surface area contributed by atoms with E-state index in [4.69, 9.17) is 0 Å². The van der Waals surface area contributed by atoms with Crippen LogP contribution in [0, 0.1) is 36.0 Å². The SMILES string of the molecule is C/C(=N\Nc1nc(C)cc(=O)[nH]1)c1c(F)c(F)c(F)c(F)c1F. The summed E-state index contributed by atoms with van der Waals surface area (Å²) in [6, 6.07) is 1.19. The standard InChI is InChI=1S/C13H9F5N4O/c1-4-3-6(23)20-13(19-4)22-21-5(2)7-8(14)10(16)12(18)11(17)9(7)15/h3H,1-2H3,(H2,19,20,22,23)/b21-5+. The van der Waals surface area contributed by atoms with E-state index in [-0.39, 0.29) is 5.95 Å². The number of aryl methyl sites for hydroxylation is 1. The van der Waals surface area contributed by atoms with Crippen LogP contribution in [0.2, 0.25) is 0 Å². The molecule has 0 unspecified atom stereocenters. The van der Waals surface area contributed by atoms with Crippen LogP contribution in [-0.2, 0) is 0 Å². The highest BCUT2D eigenvalue weighted by molar-refractivity contribution is 5.99. The number of hydrogen-bond donors (Lipinski definition) is 2. The molecule has 0 radical (unpaired) electrons. The molecule has 0 spiro atoms. The topological polar surface area (TPSA) is 70.1 Å². The summed E-state index contributed by atoms with van der Waals surface area (Å²) < 4.78 is 66.4. The Hall–Kier alpha value is -2.78. The highest BCUT2D eigenvalue weighted by Gasteiger charge is 2.27. The van der Waals surface area contributed by atoms with Gasteiger partial charge in [0.15, 0.2) is 23.3 Å². The zero-order chi connectivity index (χ0) is 17.3. The first-order valence-corrected chi connectivity index (χ1v) is 6.12. The van der Waals surface area contributed by atoms with Gasteiger partial charge >= 0.3 is 0 Å². The van der Waals surface area contributed by atoms with Gasteiger partial charge in [-0.2, -0.15) is 5.10 Å². The van der Waals surface area contributed by atoms with Crippen molar-refractivity contribution >= 4 is 11.7 Å². The van der Waals surface area contributed by atoms with Gasteiger partial charge in [0, 0.05) is 11.8 Å². The van der Waals surface area contributed by atoms with E-state index in [1.807, 2.05) is 0 Å². The molecular formula is C13H9F5N4O. The van der Waals surface area contributed by atoms with Gasteiger partial charge in [-0.1, -0.05) is 0 Å². The lowest BCUT2D eigenvalue weighted by Crippen LogP contribution is -2.14. The van der Waals surface area contributed by atoms with E-state index >= 15 is 0 Å². The van der Waals surface area contributed by atoms with Crippen molar-refractivity contribution < 1.29 is 22.0 Å². The molecule has 23 heavy (non-hydrogen) atoms. The second kappa shape index (κ2) is 6.15. The number of aromatic nitrogens is 2. The largest absolute Gasteiger partial charge is 0.291 e. The highest BCUT2D eigenvalue weighted by atomic mass is 19.2. The predicted octanol–water partition coefficient (Wildman–Crippen LogP) is 2.61. The minimum absolute atomic E-state index is 0.154. The van der Waals surface area contributed by atoms with Crippen molar-refractivity contribution in [3.8, 4) is 0 Å². The summed E-state index contributed by atoms with van der Waals surface area (Å²) in [5, 5.41) is 3.48. The maximum atomic E-state index is 13.6. The fraction of sp³-hybridized carbons (Fsp3) is 0.154. The molecule has 0 aliphatic rings. The van der Waals surface area contributed by atoms with Gasteiger partial charge in [0.2, 0.25) is 11.8 Å².